The van der Waals surface area contributed by atoms with Gasteiger partial charge in [0.05, 0.1) is 0 Å². The first-order valence-corrected chi connectivity index (χ1v) is 5.19. The van der Waals surface area contributed by atoms with Gasteiger partial charge in [0.25, 0.3) is 0 Å². The number of carboxylic acid groups (broad SMARTS) is 1. The number of aliphatic carboxylic acids is 1. The Labute approximate surface area is 85.5 Å². The van der Waals surface area contributed by atoms with E-state index in [0.717, 1.165) is 26.1 Å². The molecule has 1 N–H and O–H groups in total. The highest BCUT2D eigenvalue weighted by Gasteiger charge is 2.27. The minimum Gasteiger partial charge on any atom is -0.480 e. The van der Waals surface area contributed by atoms with Crippen LogP contribution in [0.1, 0.15) is 20.3 Å². The van der Waals surface area contributed by atoms with E-state index in [1.807, 2.05) is 0 Å². The van der Waals surface area contributed by atoms with Crippen molar-refractivity contribution in [1.29, 1.82) is 0 Å². The van der Waals surface area contributed by atoms with E-state index in [1.165, 1.54) is 0 Å². The molecule has 1 aliphatic heterocycles. The predicted octanol–water partition coefficient (Wildman–Crippen LogP) is 0.485. The monoisotopic (exact) mass is 200 g/mol. The van der Waals surface area contributed by atoms with Gasteiger partial charge in [-0.25, -0.2) is 0 Å². The van der Waals surface area contributed by atoms with Gasteiger partial charge in [0, 0.05) is 19.1 Å². The van der Waals surface area contributed by atoms with Crippen LogP contribution in [0.5, 0.6) is 0 Å². The van der Waals surface area contributed by atoms with Crippen molar-refractivity contribution in [2.24, 2.45) is 0 Å². The average Bonchev–Trinajstić information content (AvgIpc) is 2.28. The SMILES string of the molecule is CC1CCN(C)CCN1C(C)C(=O)O. The second-order valence-corrected chi connectivity index (χ2v) is 4.19. The lowest BCUT2D eigenvalue weighted by molar-refractivity contribution is -0.143. The first kappa shape index (κ1) is 11.5. The number of carboxylic acids is 1. The van der Waals surface area contributed by atoms with Gasteiger partial charge in [-0.2, -0.15) is 0 Å². The molecule has 1 rings (SSSR count). The average molecular weight is 200 g/mol. The van der Waals surface area contributed by atoms with Gasteiger partial charge in [0.1, 0.15) is 6.04 Å². The molecule has 0 aliphatic carbocycles. The maximum atomic E-state index is 10.9. The van der Waals surface area contributed by atoms with Crippen molar-refractivity contribution in [2.45, 2.75) is 32.4 Å². The third kappa shape index (κ3) is 2.69. The van der Waals surface area contributed by atoms with Crippen LogP contribution in [0.2, 0.25) is 0 Å². The predicted molar refractivity (Wildman–Crippen MR) is 55.4 cm³/mol. The Kier molecular flexibility index (Phi) is 3.89. The topological polar surface area (TPSA) is 43.8 Å². The third-order valence-electron chi connectivity index (χ3n) is 3.09. The summed E-state index contributed by atoms with van der Waals surface area (Å²) in [5, 5.41) is 8.95. The van der Waals surface area contributed by atoms with Gasteiger partial charge >= 0.3 is 5.97 Å². The van der Waals surface area contributed by atoms with Crippen molar-refractivity contribution in [3.63, 3.8) is 0 Å². The summed E-state index contributed by atoms with van der Waals surface area (Å²) in [6, 6.07) is 0.00236. The van der Waals surface area contributed by atoms with Crippen molar-refractivity contribution in [3.8, 4) is 0 Å². The molecule has 4 nitrogen and oxygen atoms in total. The molecule has 82 valence electrons. The van der Waals surface area contributed by atoms with Crippen LogP contribution in [0.3, 0.4) is 0 Å². The van der Waals surface area contributed by atoms with Gasteiger partial charge in [-0.3, -0.25) is 9.69 Å². The molecule has 4 heteroatoms. The molecule has 0 aromatic rings. The Hall–Kier alpha value is -0.610. The van der Waals surface area contributed by atoms with E-state index in [2.05, 4.69) is 23.8 Å². The molecular weight excluding hydrogens is 180 g/mol. The molecule has 2 atom stereocenters. The molecule has 1 aliphatic rings. The highest BCUT2D eigenvalue weighted by Crippen LogP contribution is 2.13. The Morgan fingerprint density at radius 1 is 1.43 bits per heavy atom. The minimum atomic E-state index is -0.721. The van der Waals surface area contributed by atoms with E-state index in [9.17, 15) is 4.79 Å². The molecule has 0 amide bonds. The molecule has 0 aromatic heterocycles. The highest BCUT2D eigenvalue weighted by atomic mass is 16.4. The van der Waals surface area contributed by atoms with Crippen LogP contribution in [0.4, 0.5) is 0 Å². The van der Waals surface area contributed by atoms with E-state index >= 15 is 0 Å². The molecule has 1 saturated heterocycles. The molecule has 0 spiro atoms. The second kappa shape index (κ2) is 4.75. The standard InChI is InChI=1S/C10H20N2O2/c1-8-4-5-11(3)6-7-12(8)9(2)10(13)14/h8-9H,4-7H2,1-3H3,(H,13,14). The zero-order chi connectivity index (χ0) is 10.7. The van der Waals surface area contributed by atoms with Crippen LogP contribution in [0, 0.1) is 0 Å². The Morgan fingerprint density at radius 3 is 2.64 bits per heavy atom. The second-order valence-electron chi connectivity index (χ2n) is 4.19. The number of hydrogen-bond donors (Lipinski definition) is 1. The zero-order valence-electron chi connectivity index (χ0n) is 9.23. The summed E-state index contributed by atoms with van der Waals surface area (Å²) in [7, 11) is 2.08. The van der Waals surface area contributed by atoms with Crippen LogP contribution >= 0.6 is 0 Å². The fraction of sp³-hybridized carbons (Fsp3) is 0.900. The van der Waals surface area contributed by atoms with E-state index in [4.69, 9.17) is 5.11 Å². The van der Waals surface area contributed by atoms with Gasteiger partial charge in [0.15, 0.2) is 0 Å². The first-order valence-electron chi connectivity index (χ1n) is 5.19. The summed E-state index contributed by atoms with van der Waals surface area (Å²) < 4.78 is 0. The zero-order valence-corrected chi connectivity index (χ0v) is 9.23. The van der Waals surface area contributed by atoms with Crippen molar-refractivity contribution < 1.29 is 9.90 Å². The summed E-state index contributed by atoms with van der Waals surface area (Å²) in [4.78, 5) is 15.2. The van der Waals surface area contributed by atoms with Gasteiger partial charge in [-0.05, 0) is 33.9 Å². The lowest BCUT2D eigenvalue weighted by Gasteiger charge is -2.29. The van der Waals surface area contributed by atoms with Crippen molar-refractivity contribution in [2.75, 3.05) is 26.7 Å². The van der Waals surface area contributed by atoms with Crippen LogP contribution in [0.25, 0.3) is 0 Å². The minimum absolute atomic E-state index is 0.364. The molecule has 0 radical (unpaired) electrons. The summed E-state index contributed by atoms with van der Waals surface area (Å²) >= 11 is 0. The summed E-state index contributed by atoms with van der Waals surface area (Å²) in [6.07, 6.45) is 1.05. The van der Waals surface area contributed by atoms with Crippen LogP contribution in [-0.2, 0) is 4.79 Å². The fourth-order valence-electron chi connectivity index (χ4n) is 1.91. The quantitative estimate of drug-likeness (QED) is 0.704. The molecule has 14 heavy (non-hydrogen) atoms. The maximum Gasteiger partial charge on any atom is 0.320 e. The van der Waals surface area contributed by atoms with Gasteiger partial charge < -0.3 is 10.0 Å². The molecule has 0 bridgehead atoms. The lowest BCUT2D eigenvalue weighted by atomic mass is 10.1. The highest BCUT2D eigenvalue weighted by molar-refractivity contribution is 5.72. The van der Waals surface area contributed by atoms with Crippen molar-refractivity contribution in [1.82, 2.24) is 9.80 Å². The molecule has 0 aromatic carbocycles. The molecule has 1 heterocycles. The lowest BCUT2D eigenvalue weighted by Crippen LogP contribution is -2.45. The summed E-state index contributed by atoms with van der Waals surface area (Å²) in [5.41, 5.74) is 0. The van der Waals surface area contributed by atoms with Crippen LogP contribution in [0.15, 0.2) is 0 Å². The molecule has 1 fully saturated rings. The van der Waals surface area contributed by atoms with Gasteiger partial charge in [0.2, 0.25) is 0 Å². The van der Waals surface area contributed by atoms with Crippen molar-refractivity contribution in [3.05, 3.63) is 0 Å². The van der Waals surface area contributed by atoms with E-state index in [1.54, 1.807) is 6.92 Å². The largest absolute Gasteiger partial charge is 0.480 e. The molecular formula is C10H20N2O2. The Morgan fingerprint density at radius 2 is 2.07 bits per heavy atom. The van der Waals surface area contributed by atoms with Crippen LogP contribution < -0.4 is 0 Å². The van der Waals surface area contributed by atoms with Gasteiger partial charge in [-0.15, -0.1) is 0 Å². The fourth-order valence-corrected chi connectivity index (χ4v) is 1.91. The van der Waals surface area contributed by atoms with E-state index < -0.39 is 5.97 Å². The number of rotatable bonds is 2. The van der Waals surface area contributed by atoms with Gasteiger partial charge in [-0.1, -0.05) is 0 Å². The van der Waals surface area contributed by atoms with E-state index in [-0.39, 0.29) is 6.04 Å². The first-order chi connectivity index (χ1) is 6.52. The maximum absolute atomic E-state index is 10.9. The van der Waals surface area contributed by atoms with Crippen LogP contribution in [-0.4, -0.2) is 59.6 Å². The third-order valence-corrected chi connectivity index (χ3v) is 3.09. The molecule has 2 unspecified atom stereocenters. The number of hydrogen-bond acceptors (Lipinski definition) is 3. The Balaban J connectivity index is 2.61. The number of carbonyl (C=O) groups is 1. The number of likely N-dealkylation sites (N-methyl/N-ethyl adjacent to an activating group) is 1. The summed E-state index contributed by atoms with van der Waals surface area (Å²) in [6.45, 7) is 6.75. The van der Waals surface area contributed by atoms with Crippen molar-refractivity contribution >= 4 is 5.97 Å². The van der Waals surface area contributed by atoms with E-state index in [0.29, 0.717) is 6.04 Å². The smallest absolute Gasteiger partial charge is 0.320 e. The number of nitrogens with zero attached hydrogens (tertiary/aromatic N) is 2. The Bertz CT molecular complexity index is 208. The summed E-state index contributed by atoms with van der Waals surface area (Å²) in [5.74, 6) is -0.721. The molecule has 0 saturated carbocycles. The normalized spacial score (nSPS) is 28.4.